The lowest BCUT2D eigenvalue weighted by atomic mass is 10.1. The Morgan fingerprint density at radius 2 is 1.59 bits per heavy atom. The first-order valence-electron chi connectivity index (χ1n) is 8.52. The molecule has 0 aliphatic rings. The summed E-state index contributed by atoms with van der Waals surface area (Å²) in [5.41, 5.74) is 0.390. The average molecular weight is 387 g/mol. The van der Waals surface area contributed by atoms with Gasteiger partial charge >= 0.3 is 18.0 Å². The third kappa shape index (κ3) is 5.83. The predicted molar refractivity (Wildman–Crippen MR) is 90.3 cm³/mol. The number of para-hydroxylation sites is 2. The van der Waals surface area contributed by atoms with Gasteiger partial charge in [0.2, 0.25) is 5.10 Å². The minimum absolute atomic E-state index is 0.0166. The molecule has 1 aromatic heterocycles. The quantitative estimate of drug-likeness (QED) is 0.386. The summed E-state index contributed by atoms with van der Waals surface area (Å²) in [4.78, 5) is 11.0. The Balaban J connectivity index is 1.64. The number of nitrogens with one attached hydrogen (secondary N) is 2. The summed E-state index contributed by atoms with van der Waals surface area (Å²) in [5.74, 6) is -2.00. The van der Waals surface area contributed by atoms with E-state index in [0.29, 0.717) is 35.4 Å². The van der Waals surface area contributed by atoms with E-state index in [0.717, 1.165) is 12.8 Å². The van der Waals surface area contributed by atoms with Crippen molar-refractivity contribution in [2.24, 2.45) is 0 Å². The van der Waals surface area contributed by atoms with Crippen LogP contribution in [0.2, 0.25) is 0 Å². The lowest BCUT2D eigenvalue weighted by Crippen LogP contribution is -2.44. The van der Waals surface area contributed by atoms with Crippen LogP contribution < -0.4 is 20.2 Å². The lowest BCUT2D eigenvalue weighted by Gasteiger charge is -2.09. The molecule has 1 aromatic carbocycles. The van der Waals surface area contributed by atoms with E-state index >= 15 is 0 Å². The summed E-state index contributed by atoms with van der Waals surface area (Å²) in [6.07, 6.45) is -1.46. The maximum Gasteiger partial charge on any atom is 0.471 e. The minimum atomic E-state index is -4.84. The molecular weight excluding hydrogens is 367 g/mol. The highest BCUT2D eigenvalue weighted by molar-refractivity contribution is 5.81. The molecule has 2 N–H and O–H groups in total. The molecular formula is C16H20F3N5O3. The molecule has 0 aliphatic carbocycles. The number of unbranched alkanes of at least 4 members (excludes halogenated alkanes) is 4. The molecule has 2 aromatic rings. The van der Waals surface area contributed by atoms with Crippen LogP contribution in [0.15, 0.2) is 24.3 Å². The van der Waals surface area contributed by atoms with Crippen LogP contribution in [-0.2, 0) is 4.79 Å². The van der Waals surface area contributed by atoms with Gasteiger partial charge in [0.25, 0.3) is 5.52 Å². The van der Waals surface area contributed by atoms with Crippen LogP contribution in [0, 0.1) is 10.4 Å². The van der Waals surface area contributed by atoms with Crippen LogP contribution >= 0.6 is 0 Å². The summed E-state index contributed by atoms with van der Waals surface area (Å²) in [6, 6.07) is 6.32. The summed E-state index contributed by atoms with van der Waals surface area (Å²) < 4.78 is 36.5. The maximum atomic E-state index is 12.2. The van der Waals surface area contributed by atoms with Crippen molar-refractivity contribution in [2.75, 3.05) is 18.4 Å². The molecule has 8 nitrogen and oxygen atoms in total. The van der Waals surface area contributed by atoms with Crippen molar-refractivity contribution in [3.63, 3.8) is 0 Å². The van der Waals surface area contributed by atoms with Crippen LogP contribution in [0.1, 0.15) is 32.1 Å². The summed E-state index contributed by atoms with van der Waals surface area (Å²) in [7, 11) is 0. The molecule has 0 radical (unpaired) electrons. The van der Waals surface area contributed by atoms with Crippen LogP contribution in [-0.4, -0.2) is 30.3 Å². The second-order valence-corrected chi connectivity index (χ2v) is 5.93. The Kier molecular flexibility index (Phi) is 6.97. The van der Waals surface area contributed by atoms with Crippen LogP contribution in [0.5, 0.6) is 0 Å². The van der Waals surface area contributed by atoms with Gasteiger partial charge in [0, 0.05) is 17.5 Å². The average Bonchev–Trinajstić information content (AvgIpc) is 2.63. The Labute approximate surface area is 153 Å². The van der Waals surface area contributed by atoms with Gasteiger partial charge in [-0.15, -0.1) is 0 Å². The first-order valence-corrected chi connectivity index (χ1v) is 8.52. The third-order valence-electron chi connectivity index (χ3n) is 3.86. The fraction of sp³-hybridized carbons (Fsp3) is 0.500. The molecule has 1 amide bonds. The molecule has 0 fully saturated rings. The molecule has 0 spiro atoms. The number of hydrogen-bond acceptors (Lipinski definition) is 5. The zero-order valence-electron chi connectivity index (χ0n) is 14.5. The van der Waals surface area contributed by atoms with Gasteiger partial charge < -0.3 is 15.7 Å². The largest absolute Gasteiger partial charge is 0.739 e. The molecule has 0 unspecified atom stereocenters. The van der Waals surface area contributed by atoms with E-state index in [4.69, 9.17) is 0 Å². The number of anilines is 1. The number of aromatic nitrogens is 3. The maximum absolute atomic E-state index is 12.2. The summed E-state index contributed by atoms with van der Waals surface area (Å²) in [6.45, 7) is 0.412. The van der Waals surface area contributed by atoms with Crippen LogP contribution in [0.4, 0.5) is 19.1 Å². The van der Waals surface area contributed by atoms with Gasteiger partial charge in [-0.3, -0.25) is 10.1 Å². The molecule has 27 heavy (non-hydrogen) atoms. The van der Waals surface area contributed by atoms with Crippen LogP contribution in [0.3, 0.4) is 0 Å². The first kappa shape index (κ1) is 20.5. The van der Waals surface area contributed by atoms with Gasteiger partial charge in [0.15, 0.2) is 5.52 Å². The smallest absolute Gasteiger partial charge is 0.471 e. The monoisotopic (exact) mass is 387 g/mol. The topological polar surface area (TPSA) is 108 Å². The Hall–Kier alpha value is -2.85. The molecule has 0 atom stereocenters. The van der Waals surface area contributed by atoms with Gasteiger partial charge in [-0.25, -0.2) is 4.73 Å². The molecule has 0 bridgehead atoms. The molecule has 0 saturated heterocycles. The van der Waals surface area contributed by atoms with Gasteiger partial charge in [-0.1, -0.05) is 31.4 Å². The highest BCUT2D eigenvalue weighted by Crippen LogP contribution is 2.14. The summed E-state index contributed by atoms with van der Waals surface area (Å²) >= 11 is 0. The van der Waals surface area contributed by atoms with E-state index in [2.05, 4.69) is 10.4 Å². The van der Waals surface area contributed by atoms with Gasteiger partial charge in [-0.2, -0.15) is 13.2 Å². The number of alkyl halides is 3. The minimum Gasteiger partial charge on any atom is -0.739 e. The van der Waals surface area contributed by atoms with Gasteiger partial charge in [0.05, 0.1) is 6.54 Å². The first-order chi connectivity index (χ1) is 12.8. The van der Waals surface area contributed by atoms with Gasteiger partial charge in [-0.05, 0) is 18.9 Å². The Bertz CT molecular complexity index is 786. The fourth-order valence-electron chi connectivity index (χ4n) is 2.48. The number of benzene rings is 1. The van der Waals surface area contributed by atoms with Crippen LogP contribution in [0.25, 0.3) is 11.0 Å². The molecule has 0 saturated carbocycles. The molecule has 1 heterocycles. The van der Waals surface area contributed by atoms with Crippen molar-refractivity contribution < 1.29 is 27.5 Å². The van der Waals surface area contributed by atoms with E-state index in [-0.39, 0.29) is 23.5 Å². The SMILES string of the molecule is O=C(NCCCCCCCNc1n[n+]([O-])c2ccccc2[n+]1[O-])C(F)(F)F. The van der Waals surface area contributed by atoms with E-state index in [9.17, 15) is 28.4 Å². The van der Waals surface area contributed by atoms with Crippen molar-refractivity contribution in [3.8, 4) is 0 Å². The number of rotatable bonds is 9. The number of nitrogens with zero attached hydrogens (tertiary/aromatic N) is 3. The molecule has 2 rings (SSSR count). The number of amides is 1. The highest BCUT2D eigenvalue weighted by atomic mass is 19.4. The van der Waals surface area contributed by atoms with Gasteiger partial charge in [0.1, 0.15) is 0 Å². The van der Waals surface area contributed by atoms with E-state index in [1.165, 1.54) is 12.1 Å². The standard InChI is InChI=1S/C16H20F3N5O3/c17-16(18,19)14(25)20-10-6-2-1-3-7-11-21-15-22-24(27)13-9-5-4-8-12(13)23(15)26/h4-5,8-9H,1-3,6-7,10-11H2,(H,20,25)(H,21,22). The normalized spacial score (nSPS) is 11.5. The Morgan fingerprint density at radius 3 is 2.26 bits per heavy atom. The van der Waals surface area contributed by atoms with E-state index in [1.807, 2.05) is 5.32 Å². The number of fused-ring (bicyclic) bond motifs is 1. The zero-order valence-corrected chi connectivity index (χ0v) is 14.5. The van der Waals surface area contributed by atoms with Crippen molar-refractivity contribution in [3.05, 3.63) is 34.7 Å². The zero-order chi connectivity index (χ0) is 19.9. The van der Waals surface area contributed by atoms with E-state index < -0.39 is 12.1 Å². The molecule has 148 valence electrons. The second-order valence-electron chi connectivity index (χ2n) is 5.93. The summed E-state index contributed by atoms with van der Waals surface area (Å²) in [5, 5.41) is 32.3. The number of carbonyl (C=O) groups is 1. The fourth-order valence-corrected chi connectivity index (χ4v) is 2.48. The third-order valence-corrected chi connectivity index (χ3v) is 3.86. The number of carbonyl (C=O) groups excluding carboxylic acids is 1. The van der Waals surface area contributed by atoms with Crippen molar-refractivity contribution in [1.82, 2.24) is 10.4 Å². The van der Waals surface area contributed by atoms with Crippen molar-refractivity contribution in [1.29, 1.82) is 0 Å². The van der Waals surface area contributed by atoms with Crippen molar-refractivity contribution in [2.45, 2.75) is 38.3 Å². The molecule has 0 aliphatic heterocycles. The highest BCUT2D eigenvalue weighted by Gasteiger charge is 2.38. The van der Waals surface area contributed by atoms with E-state index in [1.54, 1.807) is 12.1 Å². The Morgan fingerprint density at radius 1 is 1.00 bits per heavy atom. The second kappa shape index (κ2) is 9.19. The lowest BCUT2D eigenvalue weighted by molar-refractivity contribution is -0.672. The van der Waals surface area contributed by atoms with Crippen molar-refractivity contribution >= 4 is 22.9 Å². The number of halogens is 3. The predicted octanol–water partition coefficient (Wildman–Crippen LogP) is 1.54. The molecule has 11 heteroatoms. The number of hydrogen-bond donors (Lipinski definition) is 2.